The van der Waals surface area contributed by atoms with Crippen LogP contribution in [0, 0.1) is 0 Å². The maximum atomic E-state index is 3.17. The highest BCUT2D eigenvalue weighted by Gasteiger charge is 1.96. The number of aryl methyl sites for hydroxylation is 1. The van der Waals surface area contributed by atoms with Crippen molar-refractivity contribution in [1.29, 1.82) is 0 Å². The van der Waals surface area contributed by atoms with Crippen LogP contribution in [0.4, 0.5) is 5.69 Å². The molecule has 0 saturated heterocycles. The summed E-state index contributed by atoms with van der Waals surface area (Å²) in [6.07, 6.45) is 1.11. The Morgan fingerprint density at radius 2 is 1.12 bits per heavy atom. The highest BCUT2D eigenvalue weighted by atomic mass is 14.8. The fraction of sp³-hybridized carbons (Fsp3) is 0.200. The summed E-state index contributed by atoms with van der Waals surface area (Å²) < 4.78 is 0. The summed E-state index contributed by atoms with van der Waals surface area (Å²) in [6, 6.07) is 29.7. The molecule has 0 saturated carbocycles. The molecule has 0 radical (unpaired) electrons. The quantitative estimate of drug-likeness (QED) is 0.402. The number of hydrogen-bond donors (Lipinski definition) is 1. The van der Waals surface area contributed by atoms with Crippen molar-refractivity contribution < 1.29 is 0 Å². The van der Waals surface area contributed by atoms with Gasteiger partial charge < -0.3 is 5.32 Å². The predicted octanol–water partition coefficient (Wildman–Crippen LogP) is 7.31. The molecule has 0 fully saturated rings. The van der Waals surface area contributed by atoms with Crippen LogP contribution in [0.25, 0.3) is 21.5 Å². The standard InChI is InChI=1S/C12H12.C11H11N.C2H6/c1-2-10-7-5-8-11-6-3-4-9-12(10)11;1-12-11-8-4-6-9-5-2-3-7-10(9)11;1-2/h3-9H,2H2,1H3;2-8,12H,1H3;1-2H3. The van der Waals surface area contributed by atoms with Crippen molar-refractivity contribution in [2.24, 2.45) is 0 Å². The third kappa shape index (κ3) is 4.64. The van der Waals surface area contributed by atoms with Crippen molar-refractivity contribution in [3.8, 4) is 0 Å². The minimum atomic E-state index is 1.11. The van der Waals surface area contributed by atoms with E-state index in [2.05, 4.69) is 97.2 Å². The second-order valence-electron chi connectivity index (χ2n) is 5.77. The Bertz CT molecular complexity index is 851. The summed E-state index contributed by atoms with van der Waals surface area (Å²) in [5, 5.41) is 8.47. The normalized spacial score (nSPS) is 9.69. The Morgan fingerprint density at radius 1 is 0.615 bits per heavy atom. The molecule has 0 amide bonds. The fourth-order valence-electron chi connectivity index (χ4n) is 3.04. The first kappa shape index (κ1) is 19.5. The second kappa shape index (κ2) is 10.2. The predicted molar refractivity (Wildman–Crippen MR) is 118 cm³/mol. The van der Waals surface area contributed by atoms with E-state index >= 15 is 0 Å². The maximum Gasteiger partial charge on any atom is 0.0417 e. The van der Waals surface area contributed by atoms with Crippen molar-refractivity contribution in [1.82, 2.24) is 0 Å². The highest BCUT2D eigenvalue weighted by molar-refractivity contribution is 5.93. The third-order valence-electron chi connectivity index (χ3n) is 4.32. The van der Waals surface area contributed by atoms with Crippen molar-refractivity contribution in [2.45, 2.75) is 27.2 Å². The summed E-state index contributed by atoms with van der Waals surface area (Å²) in [6.45, 7) is 6.20. The van der Waals surface area contributed by atoms with E-state index in [4.69, 9.17) is 0 Å². The number of benzene rings is 4. The molecule has 1 heteroatoms. The largest absolute Gasteiger partial charge is 0.388 e. The van der Waals surface area contributed by atoms with Gasteiger partial charge in [-0.2, -0.15) is 0 Å². The smallest absolute Gasteiger partial charge is 0.0417 e. The highest BCUT2D eigenvalue weighted by Crippen LogP contribution is 2.22. The molecule has 4 aromatic carbocycles. The summed E-state index contributed by atoms with van der Waals surface area (Å²) in [5.74, 6) is 0. The van der Waals surface area contributed by atoms with Gasteiger partial charge in [0.1, 0.15) is 0 Å². The van der Waals surface area contributed by atoms with Gasteiger partial charge in [0, 0.05) is 18.1 Å². The van der Waals surface area contributed by atoms with E-state index in [1.165, 1.54) is 32.8 Å². The number of hydrogen-bond acceptors (Lipinski definition) is 1. The Balaban J connectivity index is 0.000000171. The van der Waals surface area contributed by atoms with Crippen molar-refractivity contribution in [2.75, 3.05) is 12.4 Å². The first-order valence-corrected chi connectivity index (χ1v) is 9.45. The Hall–Kier alpha value is -2.80. The molecule has 0 spiro atoms. The molecular weight excluding hydrogens is 314 g/mol. The first-order chi connectivity index (χ1) is 12.8. The van der Waals surface area contributed by atoms with E-state index in [-0.39, 0.29) is 0 Å². The zero-order chi connectivity index (χ0) is 18.8. The molecule has 26 heavy (non-hydrogen) atoms. The van der Waals surface area contributed by atoms with Gasteiger partial charge in [0.25, 0.3) is 0 Å². The van der Waals surface area contributed by atoms with Gasteiger partial charge in [0.15, 0.2) is 0 Å². The molecule has 0 aliphatic rings. The third-order valence-corrected chi connectivity index (χ3v) is 4.32. The van der Waals surface area contributed by atoms with E-state index in [1.54, 1.807) is 0 Å². The lowest BCUT2D eigenvalue weighted by Crippen LogP contribution is -1.88. The summed E-state index contributed by atoms with van der Waals surface area (Å²) in [5.41, 5.74) is 2.63. The zero-order valence-corrected chi connectivity index (χ0v) is 16.3. The Labute approximate surface area is 157 Å². The van der Waals surface area contributed by atoms with E-state index < -0.39 is 0 Å². The SMILES string of the molecule is CC.CCc1cccc2ccccc12.CNc1cccc2ccccc12. The molecule has 0 heterocycles. The van der Waals surface area contributed by atoms with E-state index in [0.717, 1.165) is 6.42 Å². The van der Waals surface area contributed by atoms with E-state index in [9.17, 15) is 0 Å². The van der Waals surface area contributed by atoms with Gasteiger partial charge in [0.2, 0.25) is 0 Å². The summed E-state index contributed by atoms with van der Waals surface area (Å²) in [4.78, 5) is 0. The second-order valence-corrected chi connectivity index (χ2v) is 5.77. The monoisotopic (exact) mass is 343 g/mol. The molecule has 4 aromatic rings. The minimum absolute atomic E-state index is 1.11. The van der Waals surface area contributed by atoms with Crippen molar-refractivity contribution in [3.05, 3.63) is 90.5 Å². The topological polar surface area (TPSA) is 12.0 Å². The Morgan fingerprint density at radius 3 is 1.73 bits per heavy atom. The van der Waals surface area contributed by atoms with Crippen LogP contribution in [0.1, 0.15) is 26.3 Å². The minimum Gasteiger partial charge on any atom is -0.388 e. The van der Waals surface area contributed by atoms with Gasteiger partial charge in [0.05, 0.1) is 0 Å². The molecule has 1 N–H and O–H groups in total. The van der Waals surface area contributed by atoms with Crippen molar-refractivity contribution in [3.63, 3.8) is 0 Å². The van der Waals surface area contributed by atoms with E-state index in [0.29, 0.717) is 0 Å². The zero-order valence-electron chi connectivity index (χ0n) is 16.3. The van der Waals surface area contributed by atoms with Gasteiger partial charge in [-0.25, -0.2) is 0 Å². The van der Waals surface area contributed by atoms with Crippen LogP contribution in [-0.2, 0) is 6.42 Å². The van der Waals surface area contributed by atoms with Gasteiger partial charge in [-0.3, -0.25) is 0 Å². The summed E-state index contributed by atoms with van der Waals surface area (Å²) >= 11 is 0. The molecule has 0 aromatic heterocycles. The van der Waals surface area contributed by atoms with Crippen LogP contribution in [0.2, 0.25) is 0 Å². The van der Waals surface area contributed by atoms with Gasteiger partial charge in [-0.15, -0.1) is 0 Å². The van der Waals surface area contributed by atoms with Gasteiger partial charge in [-0.1, -0.05) is 99.6 Å². The first-order valence-electron chi connectivity index (χ1n) is 9.45. The molecule has 134 valence electrons. The molecule has 4 rings (SSSR count). The van der Waals surface area contributed by atoms with Crippen molar-refractivity contribution >= 4 is 27.2 Å². The van der Waals surface area contributed by atoms with Crippen LogP contribution < -0.4 is 5.32 Å². The van der Waals surface area contributed by atoms with Crippen LogP contribution in [0.5, 0.6) is 0 Å². The van der Waals surface area contributed by atoms with Crippen LogP contribution in [-0.4, -0.2) is 7.05 Å². The summed E-state index contributed by atoms with van der Waals surface area (Å²) in [7, 11) is 1.95. The molecular formula is C25H29N. The lowest BCUT2D eigenvalue weighted by Gasteiger charge is -2.04. The average Bonchev–Trinajstić information content (AvgIpc) is 2.74. The average molecular weight is 344 g/mol. The maximum absolute atomic E-state index is 3.17. The molecule has 0 bridgehead atoms. The van der Waals surface area contributed by atoms with Crippen LogP contribution in [0.3, 0.4) is 0 Å². The fourth-order valence-corrected chi connectivity index (χ4v) is 3.04. The number of anilines is 1. The van der Waals surface area contributed by atoms with Gasteiger partial charge >= 0.3 is 0 Å². The molecule has 0 aliphatic heterocycles. The number of nitrogens with one attached hydrogen (secondary N) is 1. The number of fused-ring (bicyclic) bond motifs is 2. The van der Waals surface area contributed by atoms with Crippen LogP contribution >= 0.6 is 0 Å². The van der Waals surface area contributed by atoms with E-state index in [1.807, 2.05) is 20.9 Å². The Kier molecular flexibility index (Phi) is 7.70. The van der Waals surface area contributed by atoms with Gasteiger partial charge in [-0.05, 0) is 34.2 Å². The lowest BCUT2D eigenvalue weighted by atomic mass is 10.0. The number of rotatable bonds is 2. The molecule has 0 aliphatic carbocycles. The lowest BCUT2D eigenvalue weighted by molar-refractivity contribution is 1.16. The van der Waals surface area contributed by atoms with Crippen LogP contribution in [0.15, 0.2) is 84.9 Å². The molecule has 0 unspecified atom stereocenters. The molecule has 0 atom stereocenters. The molecule has 1 nitrogen and oxygen atoms in total.